The Hall–Kier alpha value is -2.14. The van der Waals surface area contributed by atoms with Crippen LogP contribution in [-0.2, 0) is 22.6 Å². The van der Waals surface area contributed by atoms with E-state index in [2.05, 4.69) is 78.6 Å². The van der Waals surface area contributed by atoms with Crippen molar-refractivity contribution in [1.29, 1.82) is 0 Å². The van der Waals surface area contributed by atoms with E-state index in [1.54, 1.807) is 0 Å². The van der Waals surface area contributed by atoms with Gasteiger partial charge in [0.15, 0.2) is 0 Å². The van der Waals surface area contributed by atoms with Gasteiger partial charge in [0, 0.05) is 29.0 Å². The van der Waals surface area contributed by atoms with Crippen LogP contribution in [0, 0.1) is 6.92 Å². The van der Waals surface area contributed by atoms with Crippen molar-refractivity contribution in [3.63, 3.8) is 0 Å². The molecule has 1 aromatic rings. The summed E-state index contributed by atoms with van der Waals surface area (Å²) in [7, 11) is 0. The summed E-state index contributed by atoms with van der Waals surface area (Å²) in [5.41, 5.74) is 6.20. The van der Waals surface area contributed by atoms with Gasteiger partial charge in [-0.15, -0.1) is 0 Å². The van der Waals surface area contributed by atoms with Crippen LogP contribution in [0.4, 0.5) is 0 Å². The molecule has 1 N–H and O–H groups in total. The quantitative estimate of drug-likeness (QED) is 0.655. The Balaban J connectivity index is 0.00000190. The Bertz CT molecular complexity index is 794. The minimum Gasteiger partial charge on any atom is -0.348 e. The van der Waals surface area contributed by atoms with Crippen molar-refractivity contribution in [3.05, 3.63) is 69.0 Å². The first-order valence-electron chi connectivity index (χ1n) is 9.47. The van der Waals surface area contributed by atoms with Gasteiger partial charge in [0.2, 0.25) is 0 Å². The van der Waals surface area contributed by atoms with Crippen molar-refractivity contribution in [2.24, 2.45) is 0 Å². The van der Waals surface area contributed by atoms with Gasteiger partial charge in [0.05, 0.1) is 5.57 Å². The zero-order valence-electron chi connectivity index (χ0n) is 17.6. The number of hydrogen-bond acceptors (Lipinski definition) is 3. The lowest BCUT2D eigenvalue weighted by Gasteiger charge is -2.32. The number of benzene rings is 1. The molecule has 0 bridgehead atoms. The third-order valence-corrected chi connectivity index (χ3v) is 5.80. The number of allylic oxidation sites excluding steroid dienone is 2. The largest absolute Gasteiger partial charge is 0.348 e. The Morgan fingerprint density at radius 1 is 1.25 bits per heavy atom. The lowest BCUT2D eigenvalue weighted by Crippen LogP contribution is -2.32. The van der Waals surface area contributed by atoms with E-state index in [4.69, 9.17) is 4.79 Å². The molecular formula is C23H31BrN2O2. The smallest absolute Gasteiger partial charge is 0.253 e. The molecule has 1 amide bonds. The van der Waals surface area contributed by atoms with Crippen LogP contribution >= 0.6 is 15.9 Å². The molecule has 0 spiro atoms. The van der Waals surface area contributed by atoms with Crippen molar-refractivity contribution in [1.82, 2.24) is 10.2 Å². The molecule has 0 atom stereocenters. The molecule has 1 heterocycles. The summed E-state index contributed by atoms with van der Waals surface area (Å²) < 4.78 is 0.888. The van der Waals surface area contributed by atoms with Crippen LogP contribution in [0.1, 0.15) is 50.8 Å². The van der Waals surface area contributed by atoms with Gasteiger partial charge in [-0.3, -0.25) is 4.79 Å². The molecule has 1 aliphatic heterocycles. The summed E-state index contributed by atoms with van der Waals surface area (Å²) in [4.78, 5) is 22.9. The minimum atomic E-state index is -0.0947. The zero-order chi connectivity index (χ0) is 21.4. The highest BCUT2D eigenvalue weighted by Gasteiger charge is 2.25. The molecule has 2 rings (SSSR count). The molecule has 0 saturated carbocycles. The van der Waals surface area contributed by atoms with E-state index in [9.17, 15) is 4.79 Å². The second-order valence-corrected chi connectivity index (χ2v) is 7.91. The van der Waals surface area contributed by atoms with E-state index in [0.29, 0.717) is 12.1 Å². The molecule has 4 nitrogen and oxygen atoms in total. The second kappa shape index (κ2) is 11.0. The molecule has 28 heavy (non-hydrogen) atoms. The van der Waals surface area contributed by atoms with Gasteiger partial charge in [-0.25, -0.2) is 0 Å². The van der Waals surface area contributed by atoms with E-state index in [1.165, 1.54) is 11.1 Å². The van der Waals surface area contributed by atoms with Crippen LogP contribution in [0.25, 0.3) is 0 Å². The fourth-order valence-corrected chi connectivity index (χ4v) is 3.57. The third-order valence-electron chi connectivity index (χ3n) is 4.75. The number of amides is 1. The number of rotatable bonds is 6. The Labute approximate surface area is 177 Å². The molecule has 152 valence electrons. The monoisotopic (exact) mass is 446 g/mol. The van der Waals surface area contributed by atoms with Gasteiger partial charge in [-0.1, -0.05) is 38.1 Å². The number of aryl methyl sites for hydroxylation is 2. The summed E-state index contributed by atoms with van der Waals surface area (Å²) in [5.74, 6) is -0.0947. The minimum absolute atomic E-state index is 0.0947. The number of carbonyl (C=O) groups excluding carboxylic acids is 2. The maximum Gasteiger partial charge on any atom is 0.253 e. The van der Waals surface area contributed by atoms with Crippen molar-refractivity contribution >= 4 is 28.6 Å². The van der Waals surface area contributed by atoms with Gasteiger partial charge in [-0.2, -0.15) is 0 Å². The molecule has 5 heteroatoms. The number of hydrogen-bond donors (Lipinski definition) is 1. The average Bonchev–Trinajstić information content (AvgIpc) is 2.68. The van der Waals surface area contributed by atoms with E-state index >= 15 is 0 Å². The fourth-order valence-electron chi connectivity index (χ4n) is 3.15. The van der Waals surface area contributed by atoms with Gasteiger partial charge in [0.25, 0.3) is 5.91 Å². The Morgan fingerprint density at radius 2 is 1.89 bits per heavy atom. The van der Waals surface area contributed by atoms with Crippen LogP contribution in [0.15, 0.2) is 52.3 Å². The van der Waals surface area contributed by atoms with Crippen molar-refractivity contribution in [2.75, 3.05) is 0 Å². The summed E-state index contributed by atoms with van der Waals surface area (Å²) in [6, 6.07) is 6.68. The highest BCUT2D eigenvalue weighted by Crippen LogP contribution is 2.34. The first kappa shape index (κ1) is 23.9. The Kier molecular flexibility index (Phi) is 9.39. The highest BCUT2D eigenvalue weighted by molar-refractivity contribution is 9.12. The molecule has 0 aliphatic carbocycles. The fraction of sp³-hybridized carbons (Fsp3) is 0.391. The van der Waals surface area contributed by atoms with E-state index < -0.39 is 0 Å². The first-order chi connectivity index (χ1) is 13.3. The summed E-state index contributed by atoms with van der Waals surface area (Å²) in [6.45, 7) is 17.2. The summed E-state index contributed by atoms with van der Waals surface area (Å²) in [5, 5.41) is 3.04. The maximum absolute atomic E-state index is 12.8. The SMILES string of the molecule is C=C1C(C(=O)NCc2ccc(C)c(CCC)c2)=CN(C(C)C)C(C)=C1Br.C=O. The number of nitrogens with one attached hydrogen (secondary N) is 1. The lowest BCUT2D eigenvalue weighted by molar-refractivity contribution is -0.117. The predicted molar refractivity (Wildman–Crippen MR) is 120 cm³/mol. The summed E-state index contributed by atoms with van der Waals surface area (Å²) >= 11 is 3.58. The zero-order valence-corrected chi connectivity index (χ0v) is 19.1. The van der Waals surface area contributed by atoms with Gasteiger partial charge < -0.3 is 15.0 Å². The number of carbonyl (C=O) groups is 2. The average molecular weight is 447 g/mol. The van der Waals surface area contributed by atoms with Crippen molar-refractivity contribution in [3.8, 4) is 0 Å². The lowest BCUT2D eigenvalue weighted by atomic mass is 10.0. The molecule has 1 aliphatic rings. The van der Waals surface area contributed by atoms with Gasteiger partial charge in [0.1, 0.15) is 6.79 Å². The summed E-state index contributed by atoms with van der Waals surface area (Å²) in [6.07, 6.45) is 4.09. The first-order valence-corrected chi connectivity index (χ1v) is 10.3. The van der Waals surface area contributed by atoms with E-state index in [-0.39, 0.29) is 11.9 Å². The standard InChI is InChI=1S/C22H29BrN2O.CH2O/c1-7-8-19-11-18(10-9-15(19)4)12-24-22(26)20-13-25(14(2)3)17(6)21(23)16(20)5;1-2/h9-11,13-14H,5,7-8,12H2,1-4,6H3,(H,24,26);1H2. The van der Waals surface area contributed by atoms with Crippen LogP contribution in [-0.4, -0.2) is 23.6 Å². The molecule has 0 unspecified atom stereocenters. The van der Waals surface area contributed by atoms with E-state index in [1.807, 2.05) is 19.9 Å². The molecule has 0 fully saturated rings. The van der Waals surface area contributed by atoms with Gasteiger partial charge in [-0.05, 0) is 72.3 Å². The van der Waals surface area contributed by atoms with Crippen molar-refractivity contribution < 1.29 is 9.59 Å². The number of nitrogens with zero attached hydrogens (tertiary/aromatic N) is 1. The molecule has 0 aromatic heterocycles. The van der Waals surface area contributed by atoms with Crippen LogP contribution < -0.4 is 5.32 Å². The Morgan fingerprint density at radius 3 is 2.46 bits per heavy atom. The predicted octanol–water partition coefficient (Wildman–Crippen LogP) is 5.17. The normalized spacial score (nSPS) is 13.9. The highest BCUT2D eigenvalue weighted by atomic mass is 79.9. The van der Waals surface area contributed by atoms with E-state index in [0.717, 1.165) is 34.2 Å². The topological polar surface area (TPSA) is 49.4 Å². The maximum atomic E-state index is 12.8. The van der Waals surface area contributed by atoms with Crippen molar-refractivity contribution in [2.45, 2.75) is 60.0 Å². The molecule has 0 saturated heterocycles. The molecule has 0 radical (unpaired) electrons. The van der Waals surface area contributed by atoms with Crippen LogP contribution in [0.5, 0.6) is 0 Å². The van der Waals surface area contributed by atoms with Gasteiger partial charge >= 0.3 is 0 Å². The molecule has 1 aromatic carbocycles. The number of halogens is 1. The molecular weight excluding hydrogens is 416 g/mol. The van der Waals surface area contributed by atoms with Crippen LogP contribution in [0.2, 0.25) is 0 Å². The third kappa shape index (κ3) is 5.68. The second-order valence-electron chi connectivity index (χ2n) is 7.12. The van der Waals surface area contributed by atoms with Crippen LogP contribution in [0.3, 0.4) is 0 Å².